The second-order valence-electron chi connectivity index (χ2n) is 5.46. The first-order valence-electron chi connectivity index (χ1n) is 7.20. The molecule has 0 spiro atoms. The molecule has 1 aromatic carbocycles. The zero-order valence-corrected chi connectivity index (χ0v) is 12.2. The van der Waals surface area contributed by atoms with Crippen LogP contribution in [0, 0.1) is 0 Å². The van der Waals surface area contributed by atoms with Gasteiger partial charge in [-0.3, -0.25) is 0 Å². The van der Waals surface area contributed by atoms with Gasteiger partial charge in [0.1, 0.15) is 11.6 Å². The summed E-state index contributed by atoms with van der Waals surface area (Å²) in [6, 6.07) is 11.6. The molecule has 2 aromatic rings. The van der Waals surface area contributed by atoms with Crippen molar-refractivity contribution in [3.63, 3.8) is 0 Å². The van der Waals surface area contributed by atoms with Crippen LogP contribution in [0.1, 0.15) is 19.3 Å². The molecule has 1 fully saturated rings. The molecule has 5 heteroatoms. The van der Waals surface area contributed by atoms with Gasteiger partial charge in [-0.1, -0.05) is 30.3 Å². The summed E-state index contributed by atoms with van der Waals surface area (Å²) < 4.78 is 5.60. The van der Waals surface area contributed by atoms with Crippen molar-refractivity contribution in [2.45, 2.75) is 24.9 Å². The highest BCUT2D eigenvalue weighted by atomic mass is 16.5. The van der Waals surface area contributed by atoms with E-state index in [1.165, 1.54) is 6.42 Å². The van der Waals surface area contributed by atoms with Gasteiger partial charge in [0.25, 0.3) is 0 Å². The molecule has 5 nitrogen and oxygen atoms in total. The normalized spacial score (nSPS) is 16.2. The monoisotopic (exact) mass is 284 g/mol. The third-order valence-electron chi connectivity index (χ3n) is 4.07. The Balaban J connectivity index is 1.78. The summed E-state index contributed by atoms with van der Waals surface area (Å²) in [4.78, 5) is 8.84. The molecule has 0 aliphatic heterocycles. The Labute approximate surface area is 124 Å². The van der Waals surface area contributed by atoms with Gasteiger partial charge in [-0.15, -0.1) is 0 Å². The summed E-state index contributed by atoms with van der Waals surface area (Å²) in [6.45, 7) is 0.744. The lowest BCUT2D eigenvalue weighted by atomic mass is 9.80. The smallest absolute Gasteiger partial charge is 0.163 e. The predicted octanol–water partition coefficient (Wildman–Crippen LogP) is 2.71. The van der Waals surface area contributed by atoms with E-state index < -0.39 is 0 Å². The summed E-state index contributed by atoms with van der Waals surface area (Å²) in [5.41, 5.74) is 6.80. The van der Waals surface area contributed by atoms with Crippen molar-refractivity contribution in [1.82, 2.24) is 9.97 Å². The Hall–Kier alpha value is -2.14. The SMILES string of the molecule is COC1(CNc2cc(N)nc(-c3ccccc3)n2)CCC1. The summed E-state index contributed by atoms with van der Waals surface area (Å²) in [5, 5.41) is 3.33. The molecule has 0 amide bonds. The largest absolute Gasteiger partial charge is 0.384 e. The number of anilines is 2. The maximum Gasteiger partial charge on any atom is 0.163 e. The van der Waals surface area contributed by atoms with Gasteiger partial charge in [-0.2, -0.15) is 0 Å². The topological polar surface area (TPSA) is 73.1 Å². The second-order valence-corrected chi connectivity index (χ2v) is 5.46. The van der Waals surface area contributed by atoms with E-state index in [0.29, 0.717) is 11.6 Å². The molecular weight excluding hydrogens is 264 g/mol. The average molecular weight is 284 g/mol. The van der Waals surface area contributed by atoms with Crippen molar-refractivity contribution in [2.24, 2.45) is 0 Å². The first-order valence-corrected chi connectivity index (χ1v) is 7.20. The zero-order valence-electron chi connectivity index (χ0n) is 12.2. The molecule has 3 N–H and O–H groups in total. The number of aromatic nitrogens is 2. The Bertz CT molecular complexity index is 605. The van der Waals surface area contributed by atoms with Crippen LogP contribution in [0.4, 0.5) is 11.6 Å². The lowest BCUT2D eigenvalue weighted by Gasteiger charge is -2.40. The standard InChI is InChI=1S/C16H20N4O/c1-21-16(8-5-9-16)11-18-14-10-13(17)19-15(20-14)12-6-3-2-4-7-12/h2-4,6-7,10H,5,8-9,11H2,1H3,(H3,17,18,19,20). The van der Waals surface area contributed by atoms with E-state index in [1.807, 2.05) is 30.3 Å². The first kappa shape index (κ1) is 13.8. The third-order valence-corrected chi connectivity index (χ3v) is 4.07. The molecule has 1 saturated carbocycles. The number of nitrogens with one attached hydrogen (secondary N) is 1. The number of hydrogen-bond acceptors (Lipinski definition) is 5. The molecule has 110 valence electrons. The van der Waals surface area contributed by atoms with Crippen LogP contribution < -0.4 is 11.1 Å². The number of nitrogens with two attached hydrogens (primary N) is 1. The molecule has 0 bridgehead atoms. The molecule has 1 aliphatic rings. The lowest BCUT2D eigenvalue weighted by molar-refractivity contribution is -0.0601. The Morgan fingerprint density at radius 1 is 1.24 bits per heavy atom. The van der Waals surface area contributed by atoms with Gasteiger partial charge in [-0.05, 0) is 19.3 Å². The number of hydrogen-bond donors (Lipinski definition) is 2. The van der Waals surface area contributed by atoms with Crippen LogP contribution >= 0.6 is 0 Å². The minimum absolute atomic E-state index is 0.0490. The van der Waals surface area contributed by atoms with Gasteiger partial charge >= 0.3 is 0 Å². The Morgan fingerprint density at radius 3 is 2.62 bits per heavy atom. The van der Waals surface area contributed by atoms with Crippen LogP contribution in [-0.4, -0.2) is 29.2 Å². The van der Waals surface area contributed by atoms with E-state index in [-0.39, 0.29) is 5.60 Å². The van der Waals surface area contributed by atoms with Crippen molar-refractivity contribution in [1.29, 1.82) is 0 Å². The second kappa shape index (κ2) is 5.69. The fourth-order valence-corrected chi connectivity index (χ4v) is 2.55. The van der Waals surface area contributed by atoms with Crippen molar-refractivity contribution < 1.29 is 4.74 Å². The zero-order chi connectivity index (χ0) is 14.7. The maximum atomic E-state index is 5.89. The third kappa shape index (κ3) is 2.97. The summed E-state index contributed by atoms with van der Waals surface area (Å²) in [5.74, 6) is 1.84. The lowest BCUT2D eigenvalue weighted by Crippen LogP contribution is -2.45. The maximum absolute atomic E-state index is 5.89. The highest BCUT2D eigenvalue weighted by Gasteiger charge is 2.36. The molecule has 0 unspecified atom stereocenters. The number of nitrogens with zero attached hydrogens (tertiary/aromatic N) is 2. The van der Waals surface area contributed by atoms with Crippen LogP contribution in [0.15, 0.2) is 36.4 Å². The number of benzene rings is 1. The average Bonchev–Trinajstić information content (AvgIpc) is 2.47. The number of rotatable bonds is 5. The van der Waals surface area contributed by atoms with Gasteiger partial charge < -0.3 is 15.8 Å². The summed E-state index contributed by atoms with van der Waals surface area (Å²) >= 11 is 0. The fourth-order valence-electron chi connectivity index (χ4n) is 2.55. The number of methoxy groups -OCH3 is 1. The van der Waals surface area contributed by atoms with Gasteiger partial charge in [0.15, 0.2) is 5.82 Å². The number of ether oxygens (including phenoxy) is 1. The fraction of sp³-hybridized carbons (Fsp3) is 0.375. The van der Waals surface area contributed by atoms with E-state index in [4.69, 9.17) is 10.5 Å². The van der Waals surface area contributed by atoms with E-state index in [1.54, 1.807) is 13.2 Å². The summed E-state index contributed by atoms with van der Waals surface area (Å²) in [6.07, 6.45) is 3.39. The van der Waals surface area contributed by atoms with Gasteiger partial charge in [0, 0.05) is 25.3 Å². The first-order chi connectivity index (χ1) is 10.2. The molecule has 0 atom stereocenters. The molecule has 21 heavy (non-hydrogen) atoms. The van der Waals surface area contributed by atoms with Crippen molar-refractivity contribution in [3.8, 4) is 11.4 Å². The molecule has 3 rings (SSSR count). The molecular formula is C16H20N4O. The van der Waals surface area contributed by atoms with Crippen molar-refractivity contribution >= 4 is 11.6 Å². The van der Waals surface area contributed by atoms with Crippen LogP contribution in [-0.2, 0) is 4.74 Å². The van der Waals surface area contributed by atoms with E-state index in [9.17, 15) is 0 Å². The van der Waals surface area contributed by atoms with Crippen LogP contribution in [0.2, 0.25) is 0 Å². The van der Waals surface area contributed by atoms with Crippen molar-refractivity contribution in [3.05, 3.63) is 36.4 Å². The molecule has 1 aliphatic carbocycles. The van der Waals surface area contributed by atoms with E-state index in [2.05, 4.69) is 15.3 Å². The number of nitrogen functional groups attached to an aromatic ring is 1. The van der Waals surface area contributed by atoms with E-state index in [0.717, 1.165) is 30.8 Å². The summed E-state index contributed by atoms with van der Waals surface area (Å²) in [7, 11) is 1.77. The molecule has 0 saturated heterocycles. The van der Waals surface area contributed by atoms with Gasteiger partial charge in [0.2, 0.25) is 0 Å². The Morgan fingerprint density at radius 2 is 2.00 bits per heavy atom. The van der Waals surface area contributed by atoms with Crippen molar-refractivity contribution in [2.75, 3.05) is 24.7 Å². The highest BCUT2D eigenvalue weighted by Crippen LogP contribution is 2.35. The van der Waals surface area contributed by atoms with Crippen LogP contribution in [0.25, 0.3) is 11.4 Å². The van der Waals surface area contributed by atoms with E-state index >= 15 is 0 Å². The van der Waals surface area contributed by atoms with Crippen LogP contribution in [0.3, 0.4) is 0 Å². The van der Waals surface area contributed by atoms with Gasteiger partial charge in [0.05, 0.1) is 5.60 Å². The predicted molar refractivity (Wildman–Crippen MR) is 84.0 cm³/mol. The molecule has 0 radical (unpaired) electrons. The van der Waals surface area contributed by atoms with Gasteiger partial charge in [-0.25, -0.2) is 9.97 Å². The quantitative estimate of drug-likeness (QED) is 0.883. The molecule has 1 heterocycles. The minimum Gasteiger partial charge on any atom is -0.384 e. The minimum atomic E-state index is -0.0490. The Kier molecular flexibility index (Phi) is 3.75. The van der Waals surface area contributed by atoms with Crippen LogP contribution in [0.5, 0.6) is 0 Å². The highest BCUT2D eigenvalue weighted by molar-refractivity contribution is 5.60. The molecule has 1 aromatic heterocycles.